The maximum absolute atomic E-state index is 12.5. The highest BCUT2D eigenvalue weighted by molar-refractivity contribution is 5.69. The first kappa shape index (κ1) is 93.5. The van der Waals surface area contributed by atoms with Crippen LogP contribution in [0.25, 0.3) is 0 Å². The summed E-state index contributed by atoms with van der Waals surface area (Å²) in [6.07, 6.45) is 85.4. The first-order valence-electron chi connectivity index (χ1n) is 39.8. The lowest BCUT2D eigenvalue weighted by Gasteiger charge is -2.05. The number of esters is 1. The average Bonchev–Trinajstić information content (AvgIpc) is 3.64. The molecule has 0 saturated carbocycles. The molecule has 0 fully saturated rings. The fourth-order valence-electron chi connectivity index (χ4n) is 11.9. The van der Waals surface area contributed by atoms with Gasteiger partial charge >= 0.3 is 5.97 Å². The Bertz CT molecular complexity index is 2870. The molecule has 0 amide bonds. The number of hydrogen-bond donors (Lipinski definition) is 0. The Balaban J connectivity index is 4.33. The van der Waals surface area contributed by atoms with Gasteiger partial charge in [0.15, 0.2) is 0 Å². The monoisotopic (exact) mass is 1350 g/mol. The highest BCUT2D eigenvalue weighted by atomic mass is 16.5. The van der Waals surface area contributed by atoms with Crippen LogP contribution < -0.4 is 0 Å². The van der Waals surface area contributed by atoms with Crippen LogP contribution in [0.4, 0.5) is 0 Å². The number of allylic oxidation sites excluding steroid dienone is 37. The first-order chi connectivity index (χ1) is 47.2. The summed E-state index contributed by atoms with van der Waals surface area (Å²) < 4.78 is 5.58. The van der Waals surface area contributed by atoms with E-state index in [4.69, 9.17) is 4.74 Å². The summed E-state index contributed by atoms with van der Waals surface area (Å²) in [5.74, 6) is -0.115. The molecule has 0 heterocycles. The van der Waals surface area contributed by atoms with E-state index in [0.29, 0.717) is 13.0 Å². The Kier molecular flexibility index (Phi) is 58.9. The Morgan fingerprint density at radius 3 is 0.404 bits per heavy atom. The third kappa shape index (κ3) is 64.4. The van der Waals surface area contributed by atoms with E-state index in [9.17, 15) is 4.79 Å². The van der Waals surface area contributed by atoms with Crippen molar-refractivity contribution >= 4 is 5.97 Å². The highest BCUT2D eigenvalue weighted by Crippen LogP contribution is 2.22. The van der Waals surface area contributed by atoms with Crippen molar-refractivity contribution in [3.63, 3.8) is 0 Å². The number of hydrogen-bond acceptors (Lipinski definition) is 2. The van der Waals surface area contributed by atoms with Crippen molar-refractivity contribution in [2.45, 2.75) is 377 Å². The Morgan fingerprint density at radius 2 is 0.273 bits per heavy atom. The van der Waals surface area contributed by atoms with E-state index < -0.39 is 0 Å². The number of carbonyl (C=O) groups excluding carboxylic acids is 1. The lowest BCUT2D eigenvalue weighted by Crippen LogP contribution is -2.04. The second-order valence-electron chi connectivity index (χ2n) is 30.8. The molecular weight excluding hydrogens is 1200 g/mol. The molecule has 0 unspecified atom stereocenters. The number of ether oxygens (including phenoxy) is 1. The van der Waals surface area contributed by atoms with Gasteiger partial charge in [0.1, 0.15) is 6.61 Å². The largest absolute Gasteiger partial charge is 0.461 e. The topological polar surface area (TPSA) is 26.3 Å². The van der Waals surface area contributed by atoms with Gasteiger partial charge in [0.05, 0.1) is 0 Å². The maximum Gasteiger partial charge on any atom is 0.306 e. The molecule has 0 saturated heterocycles. The van der Waals surface area contributed by atoms with Crippen LogP contribution in [0.3, 0.4) is 0 Å². The van der Waals surface area contributed by atoms with E-state index in [1.807, 2.05) is 0 Å². The summed E-state index contributed by atoms with van der Waals surface area (Å²) in [7, 11) is 0. The molecule has 0 aliphatic carbocycles. The van der Waals surface area contributed by atoms with Gasteiger partial charge in [-0.15, -0.1) is 0 Å². The average molecular weight is 1350 g/mol. The van der Waals surface area contributed by atoms with E-state index in [-0.39, 0.29) is 5.97 Å². The van der Waals surface area contributed by atoms with Crippen molar-refractivity contribution in [1.29, 1.82) is 0 Å². The molecule has 0 N–H and O–H groups in total. The lowest BCUT2D eigenvalue weighted by atomic mass is 10.0. The SMILES string of the molecule is CC(C)=CCC/C(C)=C\CC/C(C)=C/CC/C(C)=C\CC/C(C)=C/CC/C(C)=C\CC/C(C)=C/CC/C(C)=C\CC/C(C)=C\CCC(=O)OC/C=C(/C)CC/C=C(\C)CC/C=C(/C)CC/C=C(\C)CC/C=C(/C)CC/C=C(\C)CC/C=C(/C)CC/C=C(\C)CC/C=C(/C)CCC=C(C)C. The predicted molar refractivity (Wildman–Crippen MR) is 450 cm³/mol. The van der Waals surface area contributed by atoms with Crippen LogP contribution in [0.5, 0.6) is 0 Å². The molecule has 0 radical (unpaired) electrons. The van der Waals surface area contributed by atoms with Gasteiger partial charge in [-0.05, 0) is 376 Å². The Morgan fingerprint density at radius 1 is 0.162 bits per heavy atom. The van der Waals surface area contributed by atoms with E-state index in [2.05, 4.69) is 261 Å². The van der Waals surface area contributed by atoms with Crippen LogP contribution in [0.2, 0.25) is 0 Å². The maximum atomic E-state index is 12.5. The highest BCUT2D eigenvalue weighted by Gasteiger charge is 2.04. The predicted octanol–water partition coefficient (Wildman–Crippen LogP) is 32.6. The molecule has 0 bridgehead atoms. The molecule has 0 rings (SSSR count). The zero-order chi connectivity index (χ0) is 73.9. The van der Waals surface area contributed by atoms with Crippen LogP contribution in [-0.2, 0) is 9.53 Å². The molecule has 0 aromatic rings. The second-order valence-corrected chi connectivity index (χ2v) is 30.8. The lowest BCUT2D eigenvalue weighted by molar-refractivity contribution is -0.142. The summed E-state index contributed by atoms with van der Waals surface area (Å²) in [6, 6.07) is 0. The molecule has 0 aliphatic heterocycles. The minimum Gasteiger partial charge on any atom is -0.461 e. The summed E-state index contributed by atoms with van der Waals surface area (Å²) >= 11 is 0. The molecule has 0 atom stereocenters. The van der Waals surface area contributed by atoms with Crippen molar-refractivity contribution < 1.29 is 9.53 Å². The van der Waals surface area contributed by atoms with E-state index in [1.165, 1.54) is 144 Å². The quantitative estimate of drug-likeness (QED) is 0.0448. The van der Waals surface area contributed by atoms with Crippen molar-refractivity contribution in [2.75, 3.05) is 6.61 Å². The third-order valence-corrected chi connectivity index (χ3v) is 19.2. The van der Waals surface area contributed by atoms with Gasteiger partial charge in [-0.1, -0.05) is 215 Å². The summed E-state index contributed by atoms with van der Waals surface area (Å²) in [6.45, 7) is 47.8. The molecule has 0 spiro atoms. The Labute approximate surface area is 616 Å². The molecular formula is C97H156O2. The molecule has 0 aliphatic rings. The fraction of sp³-hybridized carbons (Fsp3) is 0.598. The van der Waals surface area contributed by atoms with Gasteiger partial charge < -0.3 is 4.74 Å². The van der Waals surface area contributed by atoms with Crippen LogP contribution in [0, 0.1) is 0 Å². The minimum absolute atomic E-state index is 0.115. The van der Waals surface area contributed by atoms with Gasteiger partial charge in [0.25, 0.3) is 0 Å². The van der Waals surface area contributed by atoms with E-state index >= 15 is 0 Å². The minimum atomic E-state index is -0.115. The van der Waals surface area contributed by atoms with E-state index in [1.54, 1.807) is 0 Å². The van der Waals surface area contributed by atoms with Crippen molar-refractivity contribution in [2.24, 2.45) is 0 Å². The van der Waals surface area contributed by atoms with Gasteiger partial charge in [-0.2, -0.15) is 0 Å². The van der Waals surface area contributed by atoms with Crippen molar-refractivity contribution in [1.82, 2.24) is 0 Å². The standard InChI is InChI=1S/C97H156O2/c1-78(2)40-22-42-80(5)44-24-46-82(7)48-26-50-84(9)52-28-54-86(11)56-30-58-88(13)60-32-61-90(15)64-34-65-92(17)68-36-69-94(19)72-38-73-96(21)76-77-99-97(98)75-39-74-95(20)71-37-70-93(18)67-35-66-91(16)63-33-62-89(14)59-31-57-87(12)55-29-53-85(10)51-27-49-83(8)47-25-45-81(6)43-23-41-79(3)4/h40-41,44-45,48-49,52-53,56-57,60,62,64,66,68,70,72,74,76H,22-39,42-43,46-47,50-51,54-55,58-59,61,63,65,67,69,71,73,75,77H2,1-21H3/b80-44-,81-45-,82-48+,83-49+,84-52-,85-53-,86-56+,87-57+,88-60-,89-62-,90-64+,91-66+,92-68-,93-70-,94-72+,95-74-,96-76-. The van der Waals surface area contributed by atoms with Gasteiger partial charge in [-0.25, -0.2) is 0 Å². The van der Waals surface area contributed by atoms with Crippen LogP contribution >= 0.6 is 0 Å². The van der Waals surface area contributed by atoms with Crippen molar-refractivity contribution in [3.8, 4) is 0 Å². The Hall–Kier alpha value is -5.47. The summed E-state index contributed by atoms with van der Waals surface area (Å²) in [5.41, 5.74) is 28.1. The fourth-order valence-corrected chi connectivity index (χ4v) is 11.9. The first-order valence-corrected chi connectivity index (χ1v) is 39.8. The second kappa shape index (κ2) is 62.3. The van der Waals surface area contributed by atoms with Crippen LogP contribution in [0.15, 0.2) is 221 Å². The number of carbonyl (C=O) groups is 1. The zero-order valence-electron chi connectivity index (χ0n) is 68.9. The molecule has 0 aromatic carbocycles. The molecule has 2 heteroatoms. The smallest absolute Gasteiger partial charge is 0.306 e. The molecule has 556 valence electrons. The van der Waals surface area contributed by atoms with Gasteiger partial charge in [0.2, 0.25) is 0 Å². The third-order valence-electron chi connectivity index (χ3n) is 19.2. The van der Waals surface area contributed by atoms with E-state index in [0.717, 1.165) is 186 Å². The zero-order valence-corrected chi connectivity index (χ0v) is 68.9. The summed E-state index contributed by atoms with van der Waals surface area (Å²) in [4.78, 5) is 12.5. The molecule has 2 nitrogen and oxygen atoms in total. The van der Waals surface area contributed by atoms with Crippen LogP contribution in [0.1, 0.15) is 377 Å². The van der Waals surface area contributed by atoms with Gasteiger partial charge in [-0.3, -0.25) is 4.79 Å². The normalized spacial score (nSPS) is 14.9. The van der Waals surface area contributed by atoms with Crippen molar-refractivity contribution in [3.05, 3.63) is 221 Å². The molecule has 99 heavy (non-hydrogen) atoms. The number of rotatable bonds is 56. The van der Waals surface area contributed by atoms with Gasteiger partial charge in [0, 0.05) is 6.42 Å². The molecule has 0 aromatic heterocycles. The van der Waals surface area contributed by atoms with Crippen LogP contribution in [-0.4, -0.2) is 12.6 Å². The summed E-state index contributed by atoms with van der Waals surface area (Å²) in [5, 5.41) is 0.